The average Bonchev–Trinajstić information content (AvgIpc) is 2.12. The highest BCUT2D eigenvalue weighted by molar-refractivity contribution is 5.22. The van der Waals surface area contributed by atoms with Crippen LogP contribution in [0.5, 0.6) is 0 Å². The van der Waals surface area contributed by atoms with E-state index < -0.39 is 5.60 Å². The first-order chi connectivity index (χ1) is 6.89. The van der Waals surface area contributed by atoms with Crippen LogP contribution in [0, 0.1) is 6.92 Å². The van der Waals surface area contributed by atoms with Crippen molar-refractivity contribution < 1.29 is 5.11 Å². The molecule has 1 atom stereocenters. The molecule has 1 rings (SSSR count). The van der Waals surface area contributed by atoms with E-state index in [0.717, 1.165) is 6.54 Å². The van der Waals surface area contributed by atoms with Crippen molar-refractivity contribution >= 4 is 0 Å². The molecule has 0 aliphatic carbocycles. The molecule has 0 amide bonds. The second-order valence-electron chi connectivity index (χ2n) is 4.75. The summed E-state index contributed by atoms with van der Waals surface area (Å²) in [6.07, 6.45) is 0. The van der Waals surface area contributed by atoms with Crippen LogP contribution >= 0.6 is 0 Å². The zero-order chi connectivity index (χ0) is 11.5. The summed E-state index contributed by atoms with van der Waals surface area (Å²) in [7, 11) is 0. The Kier molecular flexibility index (Phi) is 3.89. The van der Waals surface area contributed by atoms with Crippen LogP contribution in [-0.2, 0) is 6.54 Å². The van der Waals surface area contributed by atoms with Crippen molar-refractivity contribution in [3.05, 3.63) is 35.4 Å². The number of rotatable bonds is 4. The summed E-state index contributed by atoms with van der Waals surface area (Å²) in [5.41, 5.74) is 1.85. The molecule has 1 aromatic carbocycles. The molecule has 0 bridgehead atoms. The first-order valence-corrected chi connectivity index (χ1v) is 5.41. The van der Waals surface area contributed by atoms with E-state index in [9.17, 15) is 5.11 Å². The summed E-state index contributed by atoms with van der Waals surface area (Å²) in [6.45, 7) is 8.52. The van der Waals surface area contributed by atoms with E-state index in [2.05, 4.69) is 36.5 Å². The maximum absolute atomic E-state index is 9.76. The largest absolute Gasteiger partial charge is 0.389 e. The van der Waals surface area contributed by atoms with Crippen LogP contribution in [0.1, 0.15) is 31.9 Å². The van der Waals surface area contributed by atoms with Gasteiger partial charge in [0.05, 0.1) is 5.60 Å². The predicted octanol–water partition coefficient (Wildman–Crippen LogP) is 2.24. The van der Waals surface area contributed by atoms with Gasteiger partial charge in [0.15, 0.2) is 0 Å². The number of hydrogen-bond donors (Lipinski definition) is 2. The topological polar surface area (TPSA) is 32.3 Å². The molecule has 0 spiro atoms. The van der Waals surface area contributed by atoms with Crippen molar-refractivity contribution in [1.82, 2.24) is 5.32 Å². The smallest absolute Gasteiger partial charge is 0.0741 e. The minimum atomic E-state index is -0.677. The van der Waals surface area contributed by atoms with Gasteiger partial charge in [0.1, 0.15) is 0 Å². The van der Waals surface area contributed by atoms with Crippen molar-refractivity contribution in [2.75, 3.05) is 0 Å². The van der Waals surface area contributed by atoms with Crippen molar-refractivity contribution in [3.63, 3.8) is 0 Å². The molecule has 2 N–H and O–H groups in total. The quantitative estimate of drug-likeness (QED) is 0.793. The molecule has 1 aromatic rings. The van der Waals surface area contributed by atoms with E-state index in [-0.39, 0.29) is 6.04 Å². The Morgan fingerprint density at radius 1 is 1.40 bits per heavy atom. The van der Waals surface area contributed by atoms with E-state index in [0.29, 0.717) is 0 Å². The molecule has 0 aromatic heterocycles. The molecule has 0 aliphatic heterocycles. The van der Waals surface area contributed by atoms with Crippen LogP contribution in [0.3, 0.4) is 0 Å². The van der Waals surface area contributed by atoms with E-state index in [4.69, 9.17) is 0 Å². The summed E-state index contributed by atoms with van der Waals surface area (Å²) < 4.78 is 0. The van der Waals surface area contributed by atoms with Gasteiger partial charge in [-0.05, 0) is 33.3 Å². The molecular weight excluding hydrogens is 186 g/mol. The van der Waals surface area contributed by atoms with Crippen molar-refractivity contribution in [2.45, 2.75) is 45.9 Å². The maximum atomic E-state index is 9.76. The van der Waals surface area contributed by atoms with Gasteiger partial charge in [0.2, 0.25) is 0 Å². The second kappa shape index (κ2) is 4.77. The Morgan fingerprint density at radius 2 is 2.07 bits per heavy atom. The summed E-state index contributed by atoms with van der Waals surface area (Å²) in [4.78, 5) is 0. The summed E-state index contributed by atoms with van der Waals surface area (Å²) >= 11 is 0. The minimum Gasteiger partial charge on any atom is -0.389 e. The lowest BCUT2D eigenvalue weighted by Gasteiger charge is -2.26. The first-order valence-electron chi connectivity index (χ1n) is 5.41. The molecule has 0 radical (unpaired) electrons. The zero-order valence-corrected chi connectivity index (χ0v) is 10.0. The molecule has 2 nitrogen and oxygen atoms in total. The maximum Gasteiger partial charge on any atom is 0.0741 e. The molecule has 84 valence electrons. The number of nitrogens with one attached hydrogen (secondary N) is 1. The summed E-state index contributed by atoms with van der Waals surface area (Å²) in [5.74, 6) is 0. The highest BCUT2D eigenvalue weighted by Gasteiger charge is 2.21. The molecule has 0 saturated heterocycles. The van der Waals surface area contributed by atoms with Gasteiger partial charge >= 0.3 is 0 Å². The van der Waals surface area contributed by atoms with Gasteiger partial charge < -0.3 is 10.4 Å². The van der Waals surface area contributed by atoms with E-state index in [1.807, 2.05) is 20.8 Å². The summed E-state index contributed by atoms with van der Waals surface area (Å²) in [5, 5.41) is 13.1. The van der Waals surface area contributed by atoms with E-state index in [1.54, 1.807) is 0 Å². The number of hydrogen-bond acceptors (Lipinski definition) is 2. The Balaban J connectivity index is 2.51. The minimum absolute atomic E-state index is 0.0815. The standard InChI is InChI=1S/C13H21NO/c1-10-6-5-7-12(8-10)9-14-11(2)13(3,4)15/h5-8,11,14-15H,9H2,1-4H3. The van der Waals surface area contributed by atoms with Crippen molar-refractivity contribution in [2.24, 2.45) is 0 Å². The van der Waals surface area contributed by atoms with Gasteiger partial charge in [0.25, 0.3) is 0 Å². The monoisotopic (exact) mass is 207 g/mol. The van der Waals surface area contributed by atoms with Crippen LogP contribution in [0.2, 0.25) is 0 Å². The lowest BCUT2D eigenvalue weighted by atomic mass is 10.0. The van der Waals surface area contributed by atoms with Gasteiger partial charge in [0, 0.05) is 12.6 Å². The van der Waals surface area contributed by atoms with Crippen LogP contribution < -0.4 is 5.32 Å². The number of aliphatic hydroxyl groups is 1. The van der Waals surface area contributed by atoms with Gasteiger partial charge in [-0.3, -0.25) is 0 Å². The normalized spacial score (nSPS) is 13.9. The zero-order valence-electron chi connectivity index (χ0n) is 10.0. The van der Waals surface area contributed by atoms with Gasteiger partial charge in [-0.15, -0.1) is 0 Å². The lowest BCUT2D eigenvalue weighted by Crippen LogP contribution is -2.44. The molecule has 1 unspecified atom stereocenters. The van der Waals surface area contributed by atoms with E-state index in [1.165, 1.54) is 11.1 Å². The van der Waals surface area contributed by atoms with Crippen LogP contribution in [0.15, 0.2) is 24.3 Å². The fourth-order valence-corrected chi connectivity index (χ4v) is 1.34. The highest BCUT2D eigenvalue weighted by Crippen LogP contribution is 2.09. The Morgan fingerprint density at radius 3 is 2.60 bits per heavy atom. The van der Waals surface area contributed by atoms with Gasteiger partial charge in [-0.25, -0.2) is 0 Å². The highest BCUT2D eigenvalue weighted by atomic mass is 16.3. The molecule has 0 aliphatic rings. The third-order valence-electron chi connectivity index (χ3n) is 2.75. The van der Waals surface area contributed by atoms with Gasteiger partial charge in [-0.1, -0.05) is 29.8 Å². The van der Waals surface area contributed by atoms with E-state index >= 15 is 0 Å². The second-order valence-corrected chi connectivity index (χ2v) is 4.75. The van der Waals surface area contributed by atoms with Gasteiger partial charge in [-0.2, -0.15) is 0 Å². The predicted molar refractivity (Wildman–Crippen MR) is 63.8 cm³/mol. The third kappa shape index (κ3) is 4.02. The number of benzene rings is 1. The van der Waals surface area contributed by atoms with Crippen molar-refractivity contribution in [1.29, 1.82) is 0 Å². The molecule has 0 fully saturated rings. The third-order valence-corrected chi connectivity index (χ3v) is 2.75. The SMILES string of the molecule is Cc1cccc(CNC(C)C(C)(C)O)c1. The van der Waals surface area contributed by atoms with Crippen LogP contribution in [0.25, 0.3) is 0 Å². The van der Waals surface area contributed by atoms with Crippen LogP contribution in [0.4, 0.5) is 0 Å². The van der Waals surface area contributed by atoms with Crippen LogP contribution in [-0.4, -0.2) is 16.7 Å². The van der Waals surface area contributed by atoms with Crippen molar-refractivity contribution in [3.8, 4) is 0 Å². The molecule has 15 heavy (non-hydrogen) atoms. The lowest BCUT2D eigenvalue weighted by molar-refractivity contribution is 0.0437. The summed E-state index contributed by atoms with van der Waals surface area (Å²) in [6, 6.07) is 8.48. The average molecular weight is 207 g/mol. The number of aryl methyl sites for hydroxylation is 1. The Labute approximate surface area is 92.3 Å². The first kappa shape index (κ1) is 12.2. The molecular formula is C13H21NO. The molecule has 0 saturated carbocycles. The molecule has 2 heteroatoms. The Hall–Kier alpha value is -0.860. The molecule has 0 heterocycles. The fourth-order valence-electron chi connectivity index (χ4n) is 1.34. The fraction of sp³-hybridized carbons (Fsp3) is 0.538. The Bertz CT molecular complexity index is 315.